The molecule has 0 aliphatic carbocycles. The summed E-state index contributed by atoms with van der Waals surface area (Å²) < 4.78 is 2.34. The molecule has 10 heavy (non-hydrogen) atoms. The molecule has 0 radical (unpaired) electrons. The van der Waals surface area contributed by atoms with Crippen molar-refractivity contribution in [1.29, 1.82) is 0 Å². The summed E-state index contributed by atoms with van der Waals surface area (Å²) in [6.07, 6.45) is 0.750. The van der Waals surface area contributed by atoms with Gasteiger partial charge in [0.2, 0.25) is 0 Å². The number of nitrogens with one attached hydrogen (secondary N) is 1. The minimum atomic E-state index is 0.527. The summed E-state index contributed by atoms with van der Waals surface area (Å²) in [4.78, 5) is 13.1. The molecule has 0 aliphatic heterocycles. The van der Waals surface area contributed by atoms with E-state index in [-0.39, 0.29) is 0 Å². The second kappa shape index (κ2) is 3.19. The Balaban J connectivity index is 3.30. The SMILES string of the molecule is O=Cc1[nH]c(Br)c(Br)c1Br. The molecule has 0 saturated heterocycles. The van der Waals surface area contributed by atoms with Crippen LogP contribution in [0.15, 0.2) is 13.5 Å². The standard InChI is InChI=1S/C5H2Br3NO/c6-3-2(1-10)9-5(8)4(3)7/h1,9H. The smallest absolute Gasteiger partial charge is 0.167 e. The topological polar surface area (TPSA) is 32.9 Å². The van der Waals surface area contributed by atoms with Crippen LogP contribution in [0.25, 0.3) is 0 Å². The van der Waals surface area contributed by atoms with E-state index >= 15 is 0 Å². The van der Waals surface area contributed by atoms with Crippen LogP contribution in [0.5, 0.6) is 0 Å². The van der Waals surface area contributed by atoms with Gasteiger partial charge in [0.05, 0.1) is 19.2 Å². The van der Waals surface area contributed by atoms with Crippen LogP contribution in [-0.4, -0.2) is 11.3 Å². The Labute approximate surface area is 82.8 Å². The molecule has 0 spiro atoms. The molecule has 1 rings (SSSR count). The summed E-state index contributed by atoms with van der Waals surface area (Å²) >= 11 is 9.69. The van der Waals surface area contributed by atoms with Crippen LogP contribution in [0.2, 0.25) is 0 Å². The quantitative estimate of drug-likeness (QED) is 0.788. The predicted octanol–water partition coefficient (Wildman–Crippen LogP) is 3.11. The third kappa shape index (κ3) is 1.35. The molecule has 0 saturated carbocycles. The average molecular weight is 332 g/mol. The van der Waals surface area contributed by atoms with Gasteiger partial charge in [-0.3, -0.25) is 4.79 Å². The van der Waals surface area contributed by atoms with Crippen molar-refractivity contribution < 1.29 is 4.79 Å². The largest absolute Gasteiger partial charge is 0.345 e. The highest BCUT2D eigenvalue weighted by Crippen LogP contribution is 2.32. The highest BCUT2D eigenvalue weighted by Gasteiger charge is 2.09. The van der Waals surface area contributed by atoms with Crippen molar-refractivity contribution in [1.82, 2.24) is 4.98 Å². The molecule has 2 nitrogen and oxygen atoms in total. The molecule has 0 aliphatic rings. The predicted molar refractivity (Wildman–Crippen MR) is 49.3 cm³/mol. The van der Waals surface area contributed by atoms with E-state index in [1.807, 2.05) is 0 Å². The number of carbonyl (C=O) groups excluding carboxylic acids is 1. The van der Waals surface area contributed by atoms with Gasteiger partial charge in [-0.15, -0.1) is 0 Å². The molecule has 5 heteroatoms. The summed E-state index contributed by atoms with van der Waals surface area (Å²) in [6.45, 7) is 0. The van der Waals surface area contributed by atoms with Gasteiger partial charge in [-0.25, -0.2) is 0 Å². The highest BCUT2D eigenvalue weighted by molar-refractivity contribution is 9.14. The van der Waals surface area contributed by atoms with Gasteiger partial charge in [-0.2, -0.15) is 0 Å². The fourth-order valence-corrected chi connectivity index (χ4v) is 1.91. The van der Waals surface area contributed by atoms with E-state index in [0.29, 0.717) is 5.69 Å². The number of rotatable bonds is 1. The van der Waals surface area contributed by atoms with Gasteiger partial charge >= 0.3 is 0 Å². The Morgan fingerprint density at radius 1 is 1.20 bits per heavy atom. The van der Waals surface area contributed by atoms with Crippen molar-refractivity contribution in [2.24, 2.45) is 0 Å². The average Bonchev–Trinajstić information content (AvgIpc) is 2.17. The number of aromatic amines is 1. The van der Waals surface area contributed by atoms with Crippen molar-refractivity contribution >= 4 is 54.1 Å². The van der Waals surface area contributed by atoms with Crippen LogP contribution in [0, 0.1) is 0 Å². The fourth-order valence-electron chi connectivity index (χ4n) is 0.524. The summed E-state index contributed by atoms with van der Waals surface area (Å²) in [7, 11) is 0. The third-order valence-electron chi connectivity index (χ3n) is 0.984. The molecular weight excluding hydrogens is 330 g/mol. The number of hydrogen-bond acceptors (Lipinski definition) is 1. The number of carbonyl (C=O) groups is 1. The third-order valence-corrected chi connectivity index (χ3v) is 4.26. The first-order valence-electron chi connectivity index (χ1n) is 2.34. The molecule has 0 fully saturated rings. The normalized spacial score (nSPS) is 9.90. The lowest BCUT2D eigenvalue weighted by Crippen LogP contribution is -1.77. The molecular formula is C5H2Br3NO. The van der Waals surface area contributed by atoms with Crippen LogP contribution < -0.4 is 0 Å². The molecule has 1 heterocycles. The molecule has 1 aromatic heterocycles. The monoisotopic (exact) mass is 329 g/mol. The molecule has 1 aromatic rings. The maximum atomic E-state index is 10.3. The van der Waals surface area contributed by atoms with Crippen LogP contribution in [0.4, 0.5) is 0 Å². The van der Waals surface area contributed by atoms with E-state index in [2.05, 4.69) is 52.8 Å². The number of hydrogen-bond donors (Lipinski definition) is 1. The van der Waals surface area contributed by atoms with Gasteiger partial charge < -0.3 is 4.98 Å². The van der Waals surface area contributed by atoms with E-state index in [9.17, 15) is 4.79 Å². The number of aldehydes is 1. The minimum absolute atomic E-state index is 0.527. The van der Waals surface area contributed by atoms with E-state index in [4.69, 9.17) is 0 Å². The molecule has 0 aromatic carbocycles. The Morgan fingerprint density at radius 3 is 2.00 bits per heavy atom. The van der Waals surface area contributed by atoms with Crippen molar-refractivity contribution in [3.05, 3.63) is 19.2 Å². The van der Waals surface area contributed by atoms with Gasteiger partial charge in [-0.1, -0.05) is 0 Å². The Bertz CT molecular complexity index is 268. The highest BCUT2D eigenvalue weighted by atomic mass is 79.9. The lowest BCUT2D eigenvalue weighted by Gasteiger charge is -1.82. The van der Waals surface area contributed by atoms with Crippen LogP contribution in [0.3, 0.4) is 0 Å². The van der Waals surface area contributed by atoms with Crippen molar-refractivity contribution in [3.8, 4) is 0 Å². The lowest BCUT2D eigenvalue weighted by atomic mass is 10.5. The van der Waals surface area contributed by atoms with Gasteiger partial charge in [0.1, 0.15) is 0 Å². The molecule has 1 N–H and O–H groups in total. The number of H-pyrrole nitrogens is 1. The maximum Gasteiger partial charge on any atom is 0.167 e. The summed E-state index contributed by atoms with van der Waals surface area (Å²) in [5, 5.41) is 0. The van der Waals surface area contributed by atoms with Crippen LogP contribution >= 0.6 is 47.8 Å². The van der Waals surface area contributed by atoms with Gasteiger partial charge in [0, 0.05) is 0 Å². The second-order valence-electron chi connectivity index (χ2n) is 1.60. The molecule has 0 bridgehead atoms. The lowest BCUT2D eigenvalue weighted by molar-refractivity contribution is 0.111. The van der Waals surface area contributed by atoms with E-state index in [1.54, 1.807) is 0 Å². The number of aromatic nitrogens is 1. The number of halogens is 3. The van der Waals surface area contributed by atoms with E-state index in [1.165, 1.54) is 0 Å². The molecule has 54 valence electrons. The molecule has 0 atom stereocenters. The zero-order valence-electron chi connectivity index (χ0n) is 4.62. The van der Waals surface area contributed by atoms with Crippen molar-refractivity contribution in [2.45, 2.75) is 0 Å². The zero-order chi connectivity index (χ0) is 7.72. The van der Waals surface area contributed by atoms with Crippen LogP contribution in [-0.2, 0) is 0 Å². The summed E-state index contributed by atoms with van der Waals surface area (Å²) in [6, 6.07) is 0. The van der Waals surface area contributed by atoms with Gasteiger partial charge in [0.25, 0.3) is 0 Å². The fraction of sp³-hybridized carbons (Fsp3) is 0. The van der Waals surface area contributed by atoms with Gasteiger partial charge in [0.15, 0.2) is 6.29 Å². The van der Waals surface area contributed by atoms with E-state index in [0.717, 1.165) is 19.8 Å². The summed E-state index contributed by atoms with van der Waals surface area (Å²) in [5.41, 5.74) is 0.527. The molecule has 0 unspecified atom stereocenters. The first-order chi connectivity index (χ1) is 4.66. The van der Waals surface area contributed by atoms with Crippen LogP contribution in [0.1, 0.15) is 10.5 Å². The molecule has 0 amide bonds. The first kappa shape index (κ1) is 8.49. The van der Waals surface area contributed by atoms with Crippen molar-refractivity contribution in [2.75, 3.05) is 0 Å². The Kier molecular flexibility index (Phi) is 2.71. The maximum absolute atomic E-state index is 10.3. The summed E-state index contributed by atoms with van der Waals surface area (Å²) in [5.74, 6) is 0. The second-order valence-corrected chi connectivity index (χ2v) is 3.98. The van der Waals surface area contributed by atoms with E-state index < -0.39 is 0 Å². The Hall–Kier alpha value is 0.390. The van der Waals surface area contributed by atoms with Crippen molar-refractivity contribution in [3.63, 3.8) is 0 Å². The van der Waals surface area contributed by atoms with Gasteiger partial charge in [-0.05, 0) is 47.8 Å². The first-order valence-corrected chi connectivity index (χ1v) is 4.72. The Morgan fingerprint density at radius 2 is 1.80 bits per heavy atom. The minimum Gasteiger partial charge on any atom is -0.345 e. The zero-order valence-corrected chi connectivity index (χ0v) is 9.38.